The second kappa shape index (κ2) is 7.17. The molecule has 0 aromatic heterocycles. The van der Waals surface area contributed by atoms with Crippen molar-refractivity contribution >= 4 is 5.91 Å². The van der Waals surface area contributed by atoms with Crippen LogP contribution in [0.25, 0.3) is 0 Å². The van der Waals surface area contributed by atoms with E-state index in [4.69, 9.17) is 4.74 Å². The Kier molecular flexibility index (Phi) is 5.87. The third-order valence-corrected chi connectivity index (χ3v) is 3.16. The molecule has 0 bridgehead atoms. The van der Waals surface area contributed by atoms with Gasteiger partial charge in [0.15, 0.2) is 6.61 Å². The summed E-state index contributed by atoms with van der Waals surface area (Å²) >= 11 is 0. The molecule has 1 N–H and O–H groups in total. The molecule has 0 aliphatic heterocycles. The average Bonchev–Trinajstić information content (AvgIpc) is 2.34. The molecule has 0 unspecified atom stereocenters. The summed E-state index contributed by atoms with van der Waals surface area (Å²) in [6, 6.07) is 7.89. The molecule has 0 heterocycles. The van der Waals surface area contributed by atoms with Gasteiger partial charge in [0.2, 0.25) is 0 Å². The lowest BCUT2D eigenvalue weighted by molar-refractivity contribution is -0.124. The highest BCUT2D eigenvalue weighted by Gasteiger charge is 2.19. The molecule has 0 saturated heterocycles. The van der Waals surface area contributed by atoms with E-state index in [0.717, 1.165) is 5.75 Å². The Bertz CT molecular complexity index is 388. The van der Waals surface area contributed by atoms with E-state index in [0.29, 0.717) is 11.8 Å². The number of rotatable bonds is 6. The average molecular weight is 263 g/mol. The van der Waals surface area contributed by atoms with Crippen molar-refractivity contribution in [1.29, 1.82) is 0 Å². The van der Waals surface area contributed by atoms with Crippen LogP contribution in [0.1, 0.15) is 33.3 Å². The number of nitrogens with one attached hydrogen (secondary N) is 1. The summed E-state index contributed by atoms with van der Waals surface area (Å²) in [5.74, 6) is 1.51. The summed E-state index contributed by atoms with van der Waals surface area (Å²) in [6.07, 6.45) is 0. The normalized spacial score (nSPS) is 11.2. The van der Waals surface area contributed by atoms with Gasteiger partial charge in [-0.1, -0.05) is 45.4 Å². The van der Waals surface area contributed by atoms with Gasteiger partial charge >= 0.3 is 0 Å². The van der Waals surface area contributed by atoms with Crippen molar-refractivity contribution < 1.29 is 9.53 Å². The van der Waals surface area contributed by atoms with Crippen molar-refractivity contribution in [3.63, 3.8) is 0 Å². The van der Waals surface area contributed by atoms with E-state index in [9.17, 15) is 4.79 Å². The topological polar surface area (TPSA) is 38.3 Å². The maximum absolute atomic E-state index is 11.9. The van der Waals surface area contributed by atoms with Gasteiger partial charge in [-0.25, -0.2) is 0 Å². The first-order chi connectivity index (χ1) is 8.90. The van der Waals surface area contributed by atoms with Crippen molar-refractivity contribution in [3.05, 3.63) is 29.8 Å². The Hall–Kier alpha value is -1.51. The minimum atomic E-state index is -0.0621. The molecule has 0 atom stereocenters. The van der Waals surface area contributed by atoms with Crippen molar-refractivity contribution in [2.45, 2.75) is 40.7 Å². The quantitative estimate of drug-likeness (QED) is 0.856. The highest BCUT2D eigenvalue weighted by atomic mass is 16.5. The van der Waals surface area contributed by atoms with Crippen LogP contribution in [0.3, 0.4) is 0 Å². The zero-order chi connectivity index (χ0) is 14.4. The van der Waals surface area contributed by atoms with E-state index in [2.05, 4.69) is 33.0 Å². The first kappa shape index (κ1) is 15.5. The van der Waals surface area contributed by atoms with Crippen LogP contribution in [0.4, 0.5) is 0 Å². The van der Waals surface area contributed by atoms with E-state index < -0.39 is 0 Å². The van der Waals surface area contributed by atoms with Gasteiger partial charge in [-0.3, -0.25) is 4.79 Å². The Morgan fingerprint density at radius 1 is 1.11 bits per heavy atom. The fourth-order valence-corrected chi connectivity index (χ4v) is 2.11. The van der Waals surface area contributed by atoms with E-state index in [1.807, 2.05) is 31.2 Å². The van der Waals surface area contributed by atoms with Gasteiger partial charge in [-0.2, -0.15) is 0 Å². The Morgan fingerprint density at radius 2 is 1.63 bits per heavy atom. The smallest absolute Gasteiger partial charge is 0.258 e. The van der Waals surface area contributed by atoms with E-state index in [-0.39, 0.29) is 18.6 Å². The van der Waals surface area contributed by atoms with Crippen LogP contribution in [0, 0.1) is 18.8 Å². The molecule has 0 spiro atoms. The predicted molar refractivity (Wildman–Crippen MR) is 78.3 cm³/mol. The molecule has 1 rings (SSSR count). The number of benzene rings is 1. The Balaban J connectivity index is 2.45. The van der Waals surface area contributed by atoms with Crippen LogP contribution in [0.5, 0.6) is 5.75 Å². The minimum absolute atomic E-state index is 0.0621. The molecule has 19 heavy (non-hydrogen) atoms. The molecule has 1 aromatic rings. The lowest BCUT2D eigenvalue weighted by atomic mass is 9.93. The molecule has 1 amide bonds. The molecule has 106 valence electrons. The molecule has 0 saturated carbocycles. The largest absolute Gasteiger partial charge is 0.484 e. The van der Waals surface area contributed by atoms with E-state index in [1.54, 1.807) is 0 Å². The maximum atomic E-state index is 11.9. The maximum Gasteiger partial charge on any atom is 0.258 e. The molecular weight excluding hydrogens is 238 g/mol. The molecular formula is C16H25NO2. The zero-order valence-corrected chi connectivity index (χ0v) is 12.6. The summed E-state index contributed by atoms with van der Waals surface area (Å²) in [7, 11) is 0. The van der Waals surface area contributed by atoms with Crippen LogP contribution < -0.4 is 10.1 Å². The van der Waals surface area contributed by atoms with Gasteiger partial charge in [-0.05, 0) is 30.9 Å². The number of ether oxygens (including phenoxy) is 1. The number of carbonyl (C=O) groups is 1. The summed E-state index contributed by atoms with van der Waals surface area (Å²) in [5, 5.41) is 3.03. The highest BCUT2D eigenvalue weighted by Crippen LogP contribution is 2.13. The fourth-order valence-electron chi connectivity index (χ4n) is 2.11. The third kappa shape index (κ3) is 5.33. The van der Waals surface area contributed by atoms with E-state index in [1.165, 1.54) is 5.56 Å². The molecule has 0 aliphatic rings. The van der Waals surface area contributed by atoms with Crippen LogP contribution in [0.15, 0.2) is 24.3 Å². The summed E-state index contributed by atoms with van der Waals surface area (Å²) in [5.41, 5.74) is 1.18. The number of hydrogen-bond donors (Lipinski definition) is 1. The lowest BCUT2D eigenvalue weighted by Crippen LogP contribution is -2.44. The lowest BCUT2D eigenvalue weighted by Gasteiger charge is -2.26. The minimum Gasteiger partial charge on any atom is -0.484 e. The molecule has 0 aliphatic carbocycles. The van der Waals surface area contributed by atoms with Crippen LogP contribution in [-0.4, -0.2) is 18.6 Å². The second-order valence-corrected chi connectivity index (χ2v) is 5.68. The van der Waals surface area contributed by atoms with Crippen molar-refractivity contribution in [1.82, 2.24) is 5.32 Å². The van der Waals surface area contributed by atoms with Crippen LogP contribution in [0.2, 0.25) is 0 Å². The molecule has 0 fully saturated rings. The first-order valence-electron chi connectivity index (χ1n) is 6.89. The zero-order valence-electron chi connectivity index (χ0n) is 12.6. The van der Waals surface area contributed by atoms with Crippen LogP contribution >= 0.6 is 0 Å². The fraction of sp³-hybridized carbons (Fsp3) is 0.562. The summed E-state index contributed by atoms with van der Waals surface area (Å²) in [6.45, 7) is 10.6. The molecule has 3 nitrogen and oxygen atoms in total. The third-order valence-electron chi connectivity index (χ3n) is 3.16. The van der Waals surface area contributed by atoms with Crippen molar-refractivity contribution in [3.8, 4) is 5.75 Å². The van der Waals surface area contributed by atoms with Gasteiger partial charge in [0.25, 0.3) is 5.91 Å². The van der Waals surface area contributed by atoms with Crippen molar-refractivity contribution in [2.24, 2.45) is 11.8 Å². The molecule has 3 heteroatoms. The van der Waals surface area contributed by atoms with Gasteiger partial charge in [0, 0.05) is 6.04 Å². The number of aryl methyl sites for hydroxylation is 1. The number of carbonyl (C=O) groups excluding carboxylic acids is 1. The summed E-state index contributed by atoms with van der Waals surface area (Å²) < 4.78 is 5.47. The highest BCUT2D eigenvalue weighted by molar-refractivity contribution is 5.77. The van der Waals surface area contributed by atoms with E-state index >= 15 is 0 Å². The van der Waals surface area contributed by atoms with Gasteiger partial charge in [-0.15, -0.1) is 0 Å². The van der Waals surface area contributed by atoms with Gasteiger partial charge < -0.3 is 10.1 Å². The summed E-state index contributed by atoms with van der Waals surface area (Å²) in [4.78, 5) is 11.9. The number of amides is 1. The monoisotopic (exact) mass is 263 g/mol. The second-order valence-electron chi connectivity index (χ2n) is 5.68. The standard InChI is InChI=1S/C16H25NO2/c1-11(2)16(12(3)4)17-15(18)10-19-14-8-6-13(5)7-9-14/h6-9,11-12,16H,10H2,1-5H3,(H,17,18). The SMILES string of the molecule is Cc1ccc(OCC(=O)NC(C(C)C)C(C)C)cc1. The molecule has 0 radical (unpaired) electrons. The predicted octanol–water partition coefficient (Wildman–Crippen LogP) is 3.17. The van der Waals surface area contributed by atoms with Gasteiger partial charge in [0.1, 0.15) is 5.75 Å². The van der Waals surface area contributed by atoms with Crippen LogP contribution in [-0.2, 0) is 4.79 Å². The number of hydrogen-bond acceptors (Lipinski definition) is 2. The molecule has 1 aromatic carbocycles. The van der Waals surface area contributed by atoms with Gasteiger partial charge in [0.05, 0.1) is 0 Å². The Morgan fingerprint density at radius 3 is 2.11 bits per heavy atom. The Labute approximate surface area is 116 Å². The first-order valence-corrected chi connectivity index (χ1v) is 6.89. The van der Waals surface area contributed by atoms with Crippen molar-refractivity contribution in [2.75, 3.05) is 6.61 Å².